The minimum atomic E-state index is -0.171. The summed E-state index contributed by atoms with van der Waals surface area (Å²) in [7, 11) is 0. The van der Waals surface area contributed by atoms with Crippen LogP contribution in [-0.4, -0.2) is 5.91 Å². The molecular weight excluding hydrogens is 234 g/mol. The van der Waals surface area contributed by atoms with Gasteiger partial charge in [-0.15, -0.1) is 6.42 Å². The fourth-order valence-corrected chi connectivity index (χ4v) is 1.13. The predicted molar refractivity (Wildman–Crippen MR) is 51.7 cm³/mol. The third-order valence-corrected chi connectivity index (χ3v) is 1.78. The van der Waals surface area contributed by atoms with Crippen LogP contribution in [0.1, 0.15) is 12.2 Å². The van der Waals surface area contributed by atoms with Gasteiger partial charge in [0.15, 0.2) is 4.67 Å². The quantitative estimate of drug-likeness (QED) is 0.819. The predicted octanol–water partition coefficient (Wildman–Crippen LogP) is 1.68. The van der Waals surface area contributed by atoms with Crippen LogP contribution in [0.5, 0.6) is 0 Å². The fraction of sp³-hybridized carbons (Fsp3) is 0.222. The van der Waals surface area contributed by atoms with Crippen LogP contribution < -0.4 is 5.32 Å². The van der Waals surface area contributed by atoms with Gasteiger partial charge in [-0.05, 0) is 28.1 Å². The number of hydrogen-bond donors (Lipinski definition) is 1. The molecule has 0 aromatic carbocycles. The van der Waals surface area contributed by atoms with Gasteiger partial charge in [-0.2, -0.15) is 0 Å². The van der Waals surface area contributed by atoms with Crippen LogP contribution in [0.25, 0.3) is 0 Å². The van der Waals surface area contributed by atoms with Crippen LogP contribution >= 0.6 is 15.9 Å². The van der Waals surface area contributed by atoms with E-state index in [0.29, 0.717) is 17.0 Å². The molecule has 0 fully saturated rings. The molecule has 0 aliphatic rings. The lowest BCUT2D eigenvalue weighted by molar-refractivity contribution is -0.120. The summed E-state index contributed by atoms with van der Waals surface area (Å²) in [4.78, 5) is 10.9. The van der Waals surface area contributed by atoms with Crippen LogP contribution in [0.15, 0.2) is 21.2 Å². The van der Waals surface area contributed by atoms with E-state index in [0.717, 1.165) is 0 Å². The van der Waals surface area contributed by atoms with Crippen molar-refractivity contribution in [1.82, 2.24) is 5.32 Å². The molecule has 0 saturated heterocycles. The van der Waals surface area contributed by atoms with E-state index in [-0.39, 0.29) is 12.3 Å². The van der Waals surface area contributed by atoms with E-state index in [4.69, 9.17) is 10.8 Å². The first-order chi connectivity index (χ1) is 6.22. The lowest BCUT2D eigenvalue weighted by Gasteiger charge is -1.98. The van der Waals surface area contributed by atoms with Crippen molar-refractivity contribution in [2.24, 2.45) is 0 Å². The number of halogens is 1. The number of nitrogens with one attached hydrogen (secondary N) is 1. The zero-order valence-corrected chi connectivity index (χ0v) is 8.43. The zero-order valence-electron chi connectivity index (χ0n) is 6.84. The Bertz CT molecular complexity index is 338. The van der Waals surface area contributed by atoms with E-state index in [1.165, 1.54) is 0 Å². The van der Waals surface area contributed by atoms with E-state index in [1.54, 1.807) is 12.1 Å². The van der Waals surface area contributed by atoms with Gasteiger partial charge in [0.05, 0.1) is 13.0 Å². The van der Waals surface area contributed by atoms with Crippen LogP contribution in [0.2, 0.25) is 0 Å². The molecule has 0 saturated carbocycles. The highest BCUT2D eigenvalue weighted by Gasteiger charge is 2.01. The second kappa shape index (κ2) is 4.73. The molecule has 1 amide bonds. The van der Waals surface area contributed by atoms with Crippen molar-refractivity contribution in [3.8, 4) is 12.3 Å². The standard InChI is InChI=1S/C9H8BrNO2/c1-2-3-9(12)11-6-7-4-5-8(10)13-7/h1,4-5H,3,6H2,(H,11,12). The first kappa shape index (κ1) is 9.87. The number of carbonyl (C=O) groups is 1. The van der Waals surface area contributed by atoms with Crippen molar-refractivity contribution in [3.63, 3.8) is 0 Å². The van der Waals surface area contributed by atoms with Crippen LogP contribution in [0.3, 0.4) is 0 Å². The van der Waals surface area contributed by atoms with E-state index >= 15 is 0 Å². The molecule has 0 radical (unpaired) electrons. The number of furan rings is 1. The van der Waals surface area contributed by atoms with Crippen molar-refractivity contribution in [2.75, 3.05) is 0 Å². The molecule has 1 aromatic heterocycles. The van der Waals surface area contributed by atoms with Gasteiger partial charge >= 0.3 is 0 Å². The van der Waals surface area contributed by atoms with E-state index in [1.807, 2.05) is 0 Å². The number of terminal acetylenes is 1. The molecule has 0 aliphatic carbocycles. The van der Waals surface area contributed by atoms with Crippen molar-refractivity contribution in [2.45, 2.75) is 13.0 Å². The maximum absolute atomic E-state index is 10.9. The largest absolute Gasteiger partial charge is 0.452 e. The Balaban J connectivity index is 2.36. The minimum absolute atomic E-state index is 0.0991. The van der Waals surface area contributed by atoms with Gasteiger partial charge in [0.25, 0.3) is 0 Å². The molecular formula is C9H8BrNO2. The summed E-state index contributed by atoms with van der Waals surface area (Å²) in [5.41, 5.74) is 0. The smallest absolute Gasteiger partial charge is 0.232 e. The Hall–Kier alpha value is -1.21. The number of amides is 1. The van der Waals surface area contributed by atoms with Gasteiger partial charge in [-0.3, -0.25) is 4.79 Å². The Labute approximate surface area is 84.6 Å². The molecule has 0 unspecified atom stereocenters. The summed E-state index contributed by atoms with van der Waals surface area (Å²) in [5.74, 6) is 2.78. The second-order valence-corrected chi connectivity index (χ2v) is 3.15. The third kappa shape index (κ3) is 3.34. The highest BCUT2D eigenvalue weighted by Crippen LogP contribution is 2.13. The molecule has 3 nitrogen and oxygen atoms in total. The summed E-state index contributed by atoms with van der Waals surface area (Å²) in [5, 5.41) is 2.62. The molecule has 13 heavy (non-hydrogen) atoms. The fourth-order valence-electron chi connectivity index (χ4n) is 0.788. The molecule has 4 heteroatoms. The van der Waals surface area contributed by atoms with Crippen molar-refractivity contribution in [1.29, 1.82) is 0 Å². The Morgan fingerprint density at radius 3 is 3.00 bits per heavy atom. The Kier molecular flexibility index (Phi) is 3.59. The minimum Gasteiger partial charge on any atom is -0.452 e. The zero-order chi connectivity index (χ0) is 9.68. The van der Waals surface area contributed by atoms with E-state index in [2.05, 4.69) is 27.2 Å². The van der Waals surface area contributed by atoms with Gasteiger partial charge in [0.1, 0.15) is 5.76 Å². The molecule has 0 aliphatic heterocycles. The molecule has 0 bridgehead atoms. The van der Waals surface area contributed by atoms with E-state index < -0.39 is 0 Å². The first-order valence-electron chi connectivity index (χ1n) is 3.66. The molecule has 1 rings (SSSR count). The van der Waals surface area contributed by atoms with Crippen LogP contribution in [0, 0.1) is 12.3 Å². The lowest BCUT2D eigenvalue weighted by Crippen LogP contribution is -2.21. The van der Waals surface area contributed by atoms with Gasteiger partial charge in [0, 0.05) is 0 Å². The molecule has 1 heterocycles. The van der Waals surface area contributed by atoms with E-state index in [9.17, 15) is 4.79 Å². The van der Waals surface area contributed by atoms with Gasteiger partial charge < -0.3 is 9.73 Å². The molecule has 68 valence electrons. The summed E-state index contributed by atoms with van der Waals surface area (Å²) in [6, 6.07) is 3.54. The SMILES string of the molecule is C#CCC(=O)NCc1ccc(Br)o1. The highest BCUT2D eigenvalue weighted by atomic mass is 79.9. The van der Waals surface area contributed by atoms with Crippen molar-refractivity contribution < 1.29 is 9.21 Å². The first-order valence-corrected chi connectivity index (χ1v) is 4.46. The summed E-state index contributed by atoms with van der Waals surface area (Å²) in [6.07, 6.45) is 5.06. The second-order valence-electron chi connectivity index (χ2n) is 2.36. The Morgan fingerprint density at radius 2 is 2.46 bits per heavy atom. The number of carbonyl (C=O) groups excluding carboxylic acids is 1. The lowest BCUT2D eigenvalue weighted by atomic mass is 10.4. The summed E-state index contributed by atoms with van der Waals surface area (Å²) in [6.45, 7) is 0.367. The maximum Gasteiger partial charge on any atom is 0.232 e. The number of hydrogen-bond acceptors (Lipinski definition) is 2. The molecule has 1 aromatic rings. The average molecular weight is 242 g/mol. The van der Waals surface area contributed by atoms with Crippen molar-refractivity contribution in [3.05, 3.63) is 22.6 Å². The third-order valence-electron chi connectivity index (χ3n) is 1.35. The maximum atomic E-state index is 10.9. The molecule has 0 atom stereocenters. The summed E-state index contributed by atoms with van der Waals surface area (Å²) >= 11 is 3.16. The molecule has 0 spiro atoms. The molecule has 1 N–H and O–H groups in total. The highest BCUT2D eigenvalue weighted by molar-refractivity contribution is 9.10. The van der Waals surface area contributed by atoms with Crippen LogP contribution in [-0.2, 0) is 11.3 Å². The average Bonchev–Trinajstić information content (AvgIpc) is 2.49. The normalized spacial score (nSPS) is 9.23. The Morgan fingerprint density at radius 1 is 1.69 bits per heavy atom. The summed E-state index contributed by atoms with van der Waals surface area (Å²) < 4.78 is 5.81. The van der Waals surface area contributed by atoms with Gasteiger partial charge in [0.2, 0.25) is 5.91 Å². The topological polar surface area (TPSA) is 42.2 Å². The van der Waals surface area contributed by atoms with Gasteiger partial charge in [-0.25, -0.2) is 0 Å². The van der Waals surface area contributed by atoms with Gasteiger partial charge in [-0.1, -0.05) is 5.92 Å². The number of rotatable bonds is 3. The van der Waals surface area contributed by atoms with Crippen LogP contribution in [0.4, 0.5) is 0 Å². The van der Waals surface area contributed by atoms with Crippen molar-refractivity contribution >= 4 is 21.8 Å². The monoisotopic (exact) mass is 241 g/mol.